The number of hydrogen-bond acceptors (Lipinski definition) is 7. The fraction of sp³-hybridized carbons (Fsp3) is 0.438. The van der Waals surface area contributed by atoms with Crippen LogP contribution in [0.25, 0.3) is 0 Å². The number of carbonyl (C=O) groups excluding carboxylic acids is 1. The fourth-order valence-electron chi connectivity index (χ4n) is 3.69. The van der Waals surface area contributed by atoms with Gasteiger partial charge in [-0.05, 0) is 28.8 Å². The average molecular weight is 345 g/mol. The molecule has 2 aromatic heterocycles. The second-order valence-electron chi connectivity index (χ2n) is 6.66. The summed E-state index contributed by atoms with van der Waals surface area (Å²) >= 11 is 1.75. The zero-order valence-corrected chi connectivity index (χ0v) is 14.0. The Bertz CT molecular complexity index is 713. The van der Waals surface area contributed by atoms with Crippen LogP contribution in [0.1, 0.15) is 22.3 Å². The Morgan fingerprint density at radius 2 is 2.12 bits per heavy atom. The van der Waals surface area contributed by atoms with Crippen LogP contribution in [0.15, 0.2) is 29.2 Å². The van der Waals surface area contributed by atoms with Gasteiger partial charge in [-0.3, -0.25) is 14.9 Å². The lowest BCUT2D eigenvalue weighted by molar-refractivity contribution is 0.0117. The number of aromatic nitrogens is 2. The van der Waals surface area contributed by atoms with Gasteiger partial charge in [0.2, 0.25) is 5.95 Å². The maximum Gasteiger partial charge on any atom is 0.277 e. The molecule has 8 heteroatoms. The van der Waals surface area contributed by atoms with Crippen molar-refractivity contribution in [1.29, 1.82) is 0 Å². The summed E-state index contributed by atoms with van der Waals surface area (Å²) < 4.78 is 0. The molecule has 1 amide bonds. The average Bonchev–Trinajstić information content (AvgIpc) is 3.24. The number of hydroxylamine groups is 1. The van der Waals surface area contributed by atoms with E-state index >= 15 is 0 Å². The molecule has 0 aromatic carbocycles. The molecule has 4 rings (SSSR count). The second-order valence-corrected chi connectivity index (χ2v) is 7.44. The van der Waals surface area contributed by atoms with Crippen LogP contribution in [0.5, 0.6) is 0 Å². The molecule has 126 valence electrons. The largest absolute Gasteiger partial charge is 0.340 e. The standard InChI is InChI=1S/C16H19N5O2S/c22-14(19-23)13-5-17-15(18-6-13)21-3-2-16(11-21)9-20(10-16)7-12-1-4-24-8-12/h1,4-6,8,23H,2-3,7,9-11H2,(H,19,22). The SMILES string of the molecule is O=C(NO)c1cnc(N2CCC3(CN(Cc4ccsc4)C3)C2)nc1. The van der Waals surface area contributed by atoms with Gasteiger partial charge in [-0.15, -0.1) is 0 Å². The summed E-state index contributed by atoms with van der Waals surface area (Å²) in [6.07, 6.45) is 4.04. The Kier molecular flexibility index (Phi) is 3.95. The van der Waals surface area contributed by atoms with E-state index in [2.05, 4.69) is 36.6 Å². The van der Waals surface area contributed by atoms with E-state index in [-0.39, 0.29) is 5.56 Å². The summed E-state index contributed by atoms with van der Waals surface area (Å²) in [5.41, 5.74) is 3.58. The van der Waals surface area contributed by atoms with Crippen LogP contribution in [-0.4, -0.2) is 52.2 Å². The number of hydrogen-bond donors (Lipinski definition) is 2. The van der Waals surface area contributed by atoms with Gasteiger partial charge in [0, 0.05) is 50.5 Å². The number of amides is 1. The molecule has 4 heterocycles. The normalized spacial score (nSPS) is 19.5. The van der Waals surface area contributed by atoms with Crippen molar-refractivity contribution in [2.45, 2.75) is 13.0 Å². The third kappa shape index (κ3) is 2.88. The molecule has 2 aliphatic rings. The van der Waals surface area contributed by atoms with Gasteiger partial charge >= 0.3 is 0 Å². The predicted octanol–water partition coefficient (Wildman–Crippen LogP) is 1.37. The quantitative estimate of drug-likeness (QED) is 0.643. The van der Waals surface area contributed by atoms with E-state index in [0.717, 1.165) is 39.1 Å². The lowest BCUT2D eigenvalue weighted by Crippen LogP contribution is -2.56. The predicted molar refractivity (Wildman–Crippen MR) is 90.1 cm³/mol. The summed E-state index contributed by atoms with van der Waals surface area (Å²) in [7, 11) is 0. The van der Waals surface area contributed by atoms with Crippen LogP contribution < -0.4 is 10.4 Å². The summed E-state index contributed by atoms with van der Waals surface area (Å²) in [5.74, 6) is 0.0557. The van der Waals surface area contributed by atoms with Crippen molar-refractivity contribution in [3.8, 4) is 0 Å². The lowest BCUT2D eigenvalue weighted by atomic mass is 9.79. The number of likely N-dealkylation sites (tertiary alicyclic amines) is 1. The van der Waals surface area contributed by atoms with E-state index < -0.39 is 5.91 Å². The highest BCUT2D eigenvalue weighted by molar-refractivity contribution is 7.07. The topological polar surface area (TPSA) is 81.6 Å². The minimum absolute atomic E-state index is 0.251. The van der Waals surface area contributed by atoms with Gasteiger partial charge in [0.15, 0.2) is 0 Å². The molecule has 1 spiro atoms. The molecule has 2 N–H and O–H groups in total. The van der Waals surface area contributed by atoms with Crippen molar-refractivity contribution in [1.82, 2.24) is 20.3 Å². The number of anilines is 1. The van der Waals surface area contributed by atoms with E-state index in [9.17, 15) is 4.79 Å². The summed E-state index contributed by atoms with van der Waals surface area (Å²) in [4.78, 5) is 24.5. The smallest absolute Gasteiger partial charge is 0.277 e. The van der Waals surface area contributed by atoms with Crippen molar-refractivity contribution in [3.63, 3.8) is 0 Å². The Hall–Kier alpha value is -2.03. The van der Waals surface area contributed by atoms with Crippen LogP contribution in [0.4, 0.5) is 5.95 Å². The van der Waals surface area contributed by atoms with Gasteiger partial charge in [-0.25, -0.2) is 15.4 Å². The first-order valence-corrected chi connectivity index (χ1v) is 8.87. The van der Waals surface area contributed by atoms with E-state index in [4.69, 9.17) is 5.21 Å². The second kappa shape index (κ2) is 6.12. The van der Waals surface area contributed by atoms with Gasteiger partial charge < -0.3 is 4.90 Å². The van der Waals surface area contributed by atoms with Crippen LogP contribution in [-0.2, 0) is 6.54 Å². The van der Waals surface area contributed by atoms with Crippen molar-refractivity contribution in [3.05, 3.63) is 40.3 Å². The Balaban J connectivity index is 1.34. The van der Waals surface area contributed by atoms with E-state index in [1.807, 2.05) is 0 Å². The first-order chi connectivity index (χ1) is 11.7. The minimum Gasteiger partial charge on any atom is -0.340 e. The maximum atomic E-state index is 11.3. The van der Waals surface area contributed by atoms with E-state index in [1.54, 1.807) is 16.8 Å². The zero-order valence-electron chi connectivity index (χ0n) is 13.2. The van der Waals surface area contributed by atoms with E-state index in [0.29, 0.717) is 11.4 Å². The van der Waals surface area contributed by atoms with Gasteiger partial charge in [-0.2, -0.15) is 11.3 Å². The van der Waals surface area contributed by atoms with Crippen molar-refractivity contribution in [2.24, 2.45) is 5.41 Å². The van der Waals surface area contributed by atoms with E-state index in [1.165, 1.54) is 18.0 Å². The summed E-state index contributed by atoms with van der Waals surface area (Å²) in [6.45, 7) is 5.16. The van der Waals surface area contributed by atoms with Gasteiger partial charge in [0.25, 0.3) is 5.91 Å². The molecule has 0 unspecified atom stereocenters. The number of rotatable bonds is 4. The zero-order chi connectivity index (χ0) is 16.6. The Labute approximate surface area is 143 Å². The van der Waals surface area contributed by atoms with Crippen molar-refractivity contribution >= 4 is 23.2 Å². The molecule has 0 atom stereocenters. The summed E-state index contributed by atoms with van der Waals surface area (Å²) in [6, 6.07) is 2.19. The lowest BCUT2D eigenvalue weighted by Gasteiger charge is -2.48. The first kappa shape index (κ1) is 15.5. The molecule has 0 aliphatic carbocycles. The van der Waals surface area contributed by atoms with Crippen LogP contribution in [0, 0.1) is 5.41 Å². The van der Waals surface area contributed by atoms with Crippen molar-refractivity contribution in [2.75, 3.05) is 31.1 Å². The number of carbonyl (C=O) groups is 1. The molecule has 0 radical (unpaired) electrons. The van der Waals surface area contributed by atoms with Crippen molar-refractivity contribution < 1.29 is 10.0 Å². The molecule has 2 aliphatic heterocycles. The molecule has 0 saturated carbocycles. The first-order valence-electron chi connectivity index (χ1n) is 7.92. The van der Waals surface area contributed by atoms with Gasteiger partial charge in [-0.1, -0.05) is 0 Å². The number of thiophene rings is 1. The minimum atomic E-state index is -0.595. The molecular formula is C16H19N5O2S. The van der Waals surface area contributed by atoms with Gasteiger partial charge in [0.05, 0.1) is 5.56 Å². The Morgan fingerprint density at radius 3 is 2.79 bits per heavy atom. The molecular weight excluding hydrogens is 326 g/mol. The molecule has 2 fully saturated rings. The highest BCUT2D eigenvalue weighted by Gasteiger charge is 2.47. The maximum absolute atomic E-state index is 11.3. The van der Waals surface area contributed by atoms with Crippen LogP contribution in [0.2, 0.25) is 0 Å². The number of nitrogens with zero attached hydrogens (tertiary/aromatic N) is 4. The molecule has 24 heavy (non-hydrogen) atoms. The fourth-order valence-corrected chi connectivity index (χ4v) is 4.35. The highest BCUT2D eigenvalue weighted by atomic mass is 32.1. The highest BCUT2D eigenvalue weighted by Crippen LogP contribution is 2.41. The van der Waals surface area contributed by atoms with Crippen LogP contribution in [0.3, 0.4) is 0 Å². The monoisotopic (exact) mass is 345 g/mol. The molecule has 2 saturated heterocycles. The summed E-state index contributed by atoms with van der Waals surface area (Å²) in [5, 5.41) is 13.0. The molecule has 0 bridgehead atoms. The molecule has 2 aromatic rings. The molecule has 7 nitrogen and oxygen atoms in total. The van der Waals surface area contributed by atoms with Crippen LogP contribution >= 0.6 is 11.3 Å². The van der Waals surface area contributed by atoms with Gasteiger partial charge in [0.1, 0.15) is 0 Å². The Morgan fingerprint density at radius 1 is 1.33 bits per heavy atom. The number of nitrogens with one attached hydrogen (secondary N) is 1. The third-order valence-electron chi connectivity index (χ3n) is 4.83. The third-order valence-corrected chi connectivity index (χ3v) is 5.56.